The number of aliphatic hydroxyl groups excluding tert-OH is 1. The molecule has 2 aromatic rings. The Labute approximate surface area is 81.8 Å². The maximum atomic E-state index is 8.65. The van der Waals surface area contributed by atoms with Gasteiger partial charge in [0.15, 0.2) is 0 Å². The lowest BCUT2D eigenvalue weighted by Crippen LogP contribution is -2.01. The van der Waals surface area contributed by atoms with Crippen LogP contribution in [-0.4, -0.2) is 27.9 Å². The number of nitrogens with zero attached hydrogens (tertiary/aromatic N) is 2. The molecule has 0 saturated carbocycles. The first-order valence-electron chi connectivity index (χ1n) is 4.46. The highest BCUT2D eigenvalue weighted by atomic mass is 16.5. The van der Waals surface area contributed by atoms with Gasteiger partial charge in [-0.3, -0.25) is 0 Å². The van der Waals surface area contributed by atoms with Crippen molar-refractivity contribution in [3.63, 3.8) is 0 Å². The molecule has 0 amide bonds. The zero-order chi connectivity index (χ0) is 9.97. The van der Waals surface area contributed by atoms with Crippen LogP contribution in [-0.2, 0) is 7.05 Å². The Hall–Kier alpha value is -1.55. The van der Waals surface area contributed by atoms with Gasteiger partial charge in [0.2, 0.25) is 0 Å². The Morgan fingerprint density at radius 1 is 1.50 bits per heavy atom. The number of aliphatic hydroxyl groups is 1. The molecule has 1 aromatic heterocycles. The molecule has 0 aliphatic rings. The molecule has 2 rings (SSSR count). The molecule has 0 spiro atoms. The summed E-state index contributed by atoms with van der Waals surface area (Å²) in [7, 11) is 1.94. The Morgan fingerprint density at radius 3 is 3.14 bits per heavy atom. The van der Waals surface area contributed by atoms with Gasteiger partial charge < -0.3 is 14.4 Å². The zero-order valence-corrected chi connectivity index (χ0v) is 7.97. The molecule has 0 radical (unpaired) electrons. The highest BCUT2D eigenvalue weighted by molar-refractivity contribution is 5.81. The van der Waals surface area contributed by atoms with E-state index in [9.17, 15) is 0 Å². The lowest BCUT2D eigenvalue weighted by atomic mass is 10.3. The van der Waals surface area contributed by atoms with E-state index in [1.807, 2.05) is 29.8 Å². The average molecular weight is 192 g/mol. The third-order valence-electron chi connectivity index (χ3n) is 2.07. The first kappa shape index (κ1) is 9.02. The molecular weight excluding hydrogens is 180 g/mol. The van der Waals surface area contributed by atoms with E-state index in [4.69, 9.17) is 9.84 Å². The molecule has 1 N–H and O–H groups in total. The molecule has 0 bridgehead atoms. The van der Waals surface area contributed by atoms with Crippen molar-refractivity contribution in [2.45, 2.75) is 0 Å². The molecule has 14 heavy (non-hydrogen) atoms. The van der Waals surface area contributed by atoms with E-state index < -0.39 is 0 Å². The summed E-state index contributed by atoms with van der Waals surface area (Å²) in [6.07, 6.45) is 1.75. The fourth-order valence-electron chi connectivity index (χ4n) is 1.40. The van der Waals surface area contributed by atoms with Crippen molar-refractivity contribution >= 4 is 11.0 Å². The van der Waals surface area contributed by atoms with Crippen LogP contribution in [0.5, 0.6) is 5.75 Å². The Morgan fingerprint density at radius 2 is 2.36 bits per heavy atom. The Balaban J connectivity index is 2.44. The van der Waals surface area contributed by atoms with Crippen molar-refractivity contribution in [3.8, 4) is 5.75 Å². The molecule has 74 valence electrons. The number of ether oxygens (including phenoxy) is 1. The number of rotatable bonds is 3. The number of aromatic nitrogens is 2. The molecule has 0 fully saturated rings. The number of para-hydroxylation sites is 1. The van der Waals surface area contributed by atoms with E-state index in [1.165, 1.54) is 0 Å². The molecule has 4 nitrogen and oxygen atoms in total. The average Bonchev–Trinajstić information content (AvgIpc) is 2.58. The number of aryl methyl sites for hydroxylation is 1. The fraction of sp³-hybridized carbons (Fsp3) is 0.300. The van der Waals surface area contributed by atoms with Crippen LogP contribution in [0.1, 0.15) is 0 Å². The lowest BCUT2D eigenvalue weighted by Gasteiger charge is -2.04. The summed E-state index contributed by atoms with van der Waals surface area (Å²) in [5, 5.41) is 8.65. The summed E-state index contributed by atoms with van der Waals surface area (Å²) in [4.78, 5) is 4.23. The summed E-state index contributed by atoms with van der Waals surface area (Å²) in [5.41, 5.74) is 1.86. The largest absolute Gasteiger partial charge is 0.489 e. The van der Waals surface area contributed by atoms with Gasteiger partial charge in [0, 0.05) is 7.05 Å². The maximum Gasteiger partial charge on any atom is 0.147 e. The second kappa shape index (κ2) is 3.67. The standard InChI is InChI=1S/C10H12N2O2/c1-12-7-11-10-8(12)3-2-4-9(10)14-6-5-13/h2-4,7,13H,5-6H2,1H3. The molecule has 0 aliphatic heterocycles. The van der Waals surface area contributed by atoms with Crippen LogP contribution < -0.4 is 4.74 Å². The van der Waals surface area contributed by atoms with Gasteiger partial charge in [-0.15, -0.1) is 0 Å². The van der Waals surface area contributed by atoms with Gasteiger partial charge in [0.1, 0.15) is 17.9 Å². The van der Waals surface area contributed by atoms with Gasteiger partial charge >= 0.3 is 0 Å². The summed E-state index contributed by atoms with van der Waals surface area (Å²) in [6, 6.07) is 5.75. The minimum absolute atomic E-state index is 0.0171. The highest BCUT2D eigenvalue weighted by Crippen LogP contribution is 2.23. The monoisotopic (exact) mass is 192 g/mol. The quantitative estimate of drug-likeness (QED) is 0.787. The van der Waals surface area contributed by atoms with Crippen molar-refractivity contribution in [2.24, 2.45) is 7.05 Å². The van der Waals surface area contributed by atoms with Crippen LogP contribution in [0.4, 0.5) is 0 Å². The van der Waals surface area contributed by atoms with Crippen LogP contribution in [0.25, 0.3) is 11.0 Å². The van der Waals surface area contributed by atoms with Crippen LogP contribution in [0.15, 0.2) is 24.5 Å². The van der Waals surface area contributed by atoms with Crippen molar-refractivity contribution in [1.82, 2.24) is 9.55 Å². The highest BCUT2D eigenvalue weighted by Gasteiger charge is 2.05. The van der Waals surface area contributed by atoms with Crippen LogP contribution in [0.2, 0.25) is 0 Å². The molecule has 1 heterocycles. The van der Waals surface area contributed by atoms with Crippen molar-refractivity contribution in [2.75, 3.05) is 13.2 Å². The summed E-state index contributed by atoms with van der Waals surface area (Å²) >= 11 is 0. The van der Waals surface area contributed by atoms with E-state index in [0.29, 0.717) is 6.61 Å². The molecule has 1 aromatic carbocycles. The third kappa shape index (κ3) is 1.44. The van der Waals surface area contributed by atoms with Crippen LogP contribution in [0, 0.1) is 0 Å². The molecule has 4 heteroatoms. The van der Waals surface area contributed by atoms with E-state index >= 15 is 0 Å². The minimum Gasteiger partial charge on any atom is -0.489 e. The van der Waals surface area contributed by atoms with Gasteiger partial charge in [-0.25, -0.2) is 4.98 Å². The molecular formula is C10H12N2O2. The number of fused-ring (bicyclic) bond motifs is 1. The predicted octanol–water partition coefficient (Wildman–Crippen LogP) is 0.944. The van der Waals surface area contributed by atoms with E-state index in [0.717, 1.165) is 16.8 Å². The number of hydrogen-bond acceptors (Lipinski definition) is 3. The van der Waals surface area contributed by atoms with Crippen LogP contribution >= 0.6 is 0 Å². The van der Waals surface area contributed by atoms with E-state index in [-0.39, 0.29) is 6.61 Å². The lowest BCUT2D eigenvalue weighted by molar-refractivity contribution is 0.202. The van der Waals surface area contributed by atoms with E-state index in [2.05, 4.69) is 4.98 Å². The Kier molecular flexibility index (Phi) is 2.37. The normalized spacial score (nSPS) is 10.7. The summed E-state index contributed by atoms with van der Waals surface area (Å²) < 4.78 is 7.29. The predicted molar refractivity (Wildman–Crippen MR) is 53.3 cm³/mol. The molecule has 0 aliphatic carbocycles. The Bertz CT molecular complexity index is 437. The van der Waals surface area contributed by atoms with Gasteiger partial charge in [-0.05, 0) is 12.1 Å². The molecule has 0 saturated heterocycles. The summed E-state index contributed by atoms with van der Waals surface area (Å²) in [6.45, 7) is 0.318. The number of benzene rings is 1. The van der Waals surface area contributed by atoms with Crippen molar-refractivity contribution in [1.29, 1.82) is 0 Å². The van der Waals surface area contributed by atoms with Crippen molar-refractivity contribution in [3.05, 3.63) is 24.5 Å². The second-order valence-corrected chi connectivity index (χ2v) is 3.05. The summed E-state index contributed by atoms with van der Waals surface area (Å²) in [5.74, 6) is 0.720. The first-order valence-corrected chi connectivity index (χ1v) is 4.46. The third-order valence-corrected chi connectivity index (χ3v) is 2.07. The number of hydrogen-bond donors (Lipinski definition) is 1. The van der Waals surface area contributed by atoms with Crippen LogP contribution in [0.3, 0.4) is 0 Å². The van der Waals surface area contributed by atoms with Gasteiger partial charge in [-0.2, -0.15) is 0 Å². The van der Waals surface area contributed by atoms with E-state index in [1.54, 1.807) is 6.33 Å². The van der Waals surface area contributed by atoms with Gasteiger partial charge in [0.25, 0.3) is 0 Å². The maximum absolute atomic E-state index is 8.65. The second-order valence-electron chi connectivity index (χ2n) is 3.05. The fourth-order valence-corrected chi connectivity index (χ4v) is 1.40. The van der Waals surface area contributed by atoms with Crippen molar-refractivity contribution < 1.29 is 9.84 Å². The SMILES string of the molecule is Cn1cnc2c(OCCO)cccc21. The zero-order valence-electron chi connectivity index (χ0n) is 7.97. The van der Waals surface area contributed by atoms with Gasteiger partial charge in [0.05, 0.1) is 18.5 Å². The first-order chi connectivity index (χ1) is 6.83. The number of imidazole rings is 1. The minimum atomic E-state index is 0.0171. The smallest absolute Gasteiger partial charge is 0.147 e. The van der Waals surface area contributed by atoms with Gasteiger partial charge in [-0.1, -0.05) is 6.07 Å². The molecule has 0 unspecified atom stereocenters. The molecule has 0 atom stereocenters. The topological polar surface area (TPSA) is 47.3 Å².